The van der Waals surface area contributed by atoms with Crippen molar-refractivity contribution >= 4 is 35.1 Å². The first kappa shape index (κ1) is 29.6. The molecular weight excluding hydrogens is 568 g/mol. The molecule has 41 heavy (non-hydrogen) atoms. The Hall–Kier alpha value is -4.41. The molecule has 1 fully saturated rings. The van der Waals surface area contributed by atoms with E-state index < -0.39 is 47.3 Å². The van der Waals surface area contributed by atoms with Gasteiger partial charge in [0.2, 0.25) is 0 Å². The zero-order valence-corrected chi connectivity index (χ0v) is 21.1. The summed E-state index contributed by atoms with van der Waals surface area (Å²) in [4.78, 5) is 42.5. The first-order chi connectivity index (χ1) is 19.3. The molecule has 17 heteroatoms. The van der Waals surface area contributed by atoms with Crippen LogP contribution in [0.4, 0.5) is 38.0 Å². The number of amides is 1. The van der Waals surface area contributed by atoms with Gasteiger partial charge in [-0.2, -0.15) is 26.3 Å². The number of morpholine rings is 1. The molecule has 1 aromatic carbocycles. The molecule has 0 unspecified atom stereocenters. The number of carbonyl (C=O) groups is 3. The summed E-state index contributed by atoms with van der Waals surface area (Å²) in [6.45, 7) is 3.77. The highest BCUT2D eigenvalue weighted by Gasteiger charge is 2.45. The van der Waals surface area contributed by atoms with E-state index in [1.165, 1.54) is 10.7 Å². The third-order valence-corrected chi connectivity index (χ3v) is 5.69. The van der Waals surface area contributed by atoms with Crippen LogP contribution in [0.25, 0.3) is 5.65 Å². The molecule has 2 aromatic heterocycles. The van der Waals surface area contributed by atoms with Gasteiger partial charge in [0.15, 0.2) is 23.0 Å². The molecule has 0 radical (unpaired) electrons. The summed E-state index contributed by atoms with van der Waals surface area (Å²) >= 11 is 0. The standard InChI is InChI=1S/C24H21F6N5O6/c1-2-3-13-4-5-14(19(41-22(38)24(28,29)30)18(13)40-21(37)23(25,26)27)20(36)32-15-12-35-16(31-15)6-7-17(33-35)34-8-10-39-11-9-34/h4-7,12H,2-3,8-11H2,1H3,(H,32,36). The fraction of sp³-hybridized carbons (Fsp3) is 0.375. The summed E-state index contributed by atoms with van der Waals surface area (Å²) in [5, 5.41) is 6.68. The fourth-order valence-corrected chi connectivity index (χ4v) is 3.84. The maximum Gasteiger partial charge on any atom is 0.491 e. The van der Waals surface area contributed by atoms with Crippen LogP contribution in [0.15, 0.2) is 30.5 Å². The SMILES string of the molecule is CCCc1ccc(C(=O)Nc2cn3nc(N4CCOCC4)ccc3n2)c(OC(=O)C(F)(F)F)c1OC(=O)C(F)(F)F. The lowest BCUT2D eigenvalue weighted by Crippen LogP contribution is -2.36. The summed E-state index contributed by atoms with van der Waals surface area (Å²) in [5.41, 5.74) is -0.759. The number of anilines is 2. The fourth-order valence-electron chi connectivity index (χ4n) is 3.84. The number of aryl methyl sites for hydroxylation is 1. The number of hydrogen-bond acceptors (Lipinski definition) is 9. The second kappa shape index (κ2) is 11.6. The molecule has 0 bridgehead atoms. The van der Waals surface area contributed by atoms with Crippen LogP contribution in [-0.4, -0.2) is 71.1 Å². The number of nitrogens with one attached hydrogen (secondary N) is 1. The van der Waals surface area contributed by atoms with E-state index in [0.29, 0.717) is 32.1 Å². The number of ether oxygens (including phenoxy) is 3. The number of carbonyl (C=O) groups excluding carboxylic acids is 3. The van der Waals surface area contributed by atoms with E-state index in [2.05, 4.69) is 24.9 Å². The molecule has 1 N–H and O–H groups in total. The normalized spacial score (nSPS) is 14.2. The van der Waals surface area contributed by atoms with Gasteiger partial charge in [-0.05, 0) is 30.2 Å². The molecule has 3 aromatic rings. The van der Waals surface area contributed by atoms with Crippen LogP contribution in [0.1, 0.15) is 29.3 Å². The Morgan fingerprint density at radius 2 is 1.59 bits per heavy atom. The quantitative estimate of drug-likeness (QED) is 0.250. The van der Waals surface area contributed by atoms with E-state index in [4.69, 9.17) is 4.74 Å². The van der Waals surface area contributed by atoms with Crippen molar-refractivity contribution < 1.29 is 54.9 Å². The summed E-state index contributed by atoms with van der Waals surface area (Å²) in [6, 6.07) is 5.27. The van der Waals surface area contributed by atoms with Crippen LogP contribution in [0.2, 0.25) is 0 Å². The van der Waals surface area contributed by atoms with Crippen molar-refractivity contribution in [3.05, 3.63) is 41.6 Å². The topological polar surface area (TPSA) is 124 Å². The molecule has 0 aliphatic carbocycles. The van der Waals surface area contributed by atoms with Gasteiger partial charge in [-0.3, -0.25) is 4.79 Å². The molecular formula is C24H21F6N5O6. The van der Waals surface area contributed by atoms with Crippen molar-refractivity contribution in [2.75, 3.05) is 36.5 Å². The number of fused-ring (bicyclic) bond motifs is 1. The summed E-state index contributed by atoms with van der Waals surface area (Å²) in [7, 11) is 0. The highest BCUT2D eigenvalue weighted by molar-refractivity contribution is 6.07. The predicted molar refractivity (Wildman–Crippen MR) is 128 cm³/mol. The lowest BCUT2D eigenvalue weighted by atomic mass is 10.0. The van der Waals surface area contributed by atoms with Crippen LogP contribution >= 0.6 is 0 Å². The van der Waals surface area contributed by atoms with Crippen LogP contribution in [0, 0.1) is 0 Å². The molecule has 1 saturated heterocycles. The summed E-state index contributed by atoms with van der Waals surface area (Å²) in [5.74, 6) is -8.88. The van der Waals surface area contributed by atoms with Crippen molar-refractivity contribution in [3.8, 4) is 11.5 Å². The Bertz CT molecular complexity index is 1470. The largest absolute Gasteiger partial charge is 0.491 e. The van der Waals surface area contributed by atoms with E-state index in [1.807, 2.05) is 4.90 Å². The molecule has 0 saturated carbocycles. The zero-order chi connectivity index (χ0) is 29.9. The second-order valence-electron chi connectivity index (χ2n) is 8.63. The Labute approximate surface area is 227 Å². The lowest BCUT2D eigenvalue weighted by molar-refractivity contribution is -0.191. The average molecular weight is 589 g/mol. The van der Waals surface area contributed by atoms with Crippen molar-refractivity contribution in [2.24, 2.45) is 0 Å². The number of halogens is 6. The first-order valence-electron chi connectivity index (χ1n) is 12.0. The van der Waals surface area contributed by atoms with Gasteiger partial charge < -0.3 is 24.4 Å². The highest BCUT2D eigenvalue weighted by atomic mass is 19.4. The van der Waals surface area contributed by atoms with Crippen molar-refractivity contribution in [1.29, 1.82) is 0 Å². The van der Waals surface area contributed by atoms with E-state index in [1.54, 1.807) is 19.1 Å². The number of rotatable bonds is 7. The Balaban J connectivity index is 1.71. The Morgan fingerprint density at radius 1 is 0.951 bits per heavy atom. The molecule has 3 heterocycles. The molecule has 4 rings (SSSR count). The monoisotopic (exact) mass is 589 g/mol. The van der Waals surface area contributed by atoms with E-state index >= 15 is 0 Å². The van der Waals surface area contributed by atoms with E-state index in [9.17, 15) is 40.7 Å². The predicted octanol–water partition coefficient (Wildman–Crippen LogP) is 3.71. The minimum atomic E-state index is -5.59. The van der Waals surface area contributed by atoms with Crippen molar-refractivity contribution in [2.45, 2.75) is 32.1 Å². The molecule has 1 amide bonds. The van der Waals surface area contributed by atoms with Gasteiger partial charge in [0.1, 0.15) is 5.82 Å². The van der Waals surface area contributed by atoms with Gasteiger partial charge in [0.25, 0.3) is 5.91 Å². The third-order valence-electron chi connectivity index (χ3n) is 5.69. The van der Waals surface area contributed by atoms with Gasteiger partial charge in [0.05, 0.1) is 25.0 Å². The molecule has 220 valence electrons. The van der Waals surface area contributed by atoms with Gasteiger partial charge >= 0.3 is 24.3 Å². The number of esters is 2. The first-order valence-corrected chi connectivity index (χ1v) is 12.0. The van der Waals surface area contributed by atoms with Gasteiger partial charge in [-0.15, -0.1) is 5.10 Å². The lowest BCUT2D eigenvalue weighted by Gasteiger charge is -2.27. The average Bonchev–Trinajstić information content (AvgIpc) is 3.31. The number of nitrogens with zero attached hydrogens (tertiary/aromatic N) is 4. The minimum Gasteiger partial charge on any atom is -0.416 e. The number of benzene rings is 1. The van der Waals surface area contributed by atoms with Crippen molar-refractivity contribution in [3.63, 3.8) is 0 Å². The maximum atomic E-state index is 13.1. The van der Waals surface area contributed by atoms with Crippen LogP contribution in [0.3, 0.4) is 0 Å². The maximum absolute atomic E-state index is 13.1. The summed E-state index contributed by atoms with van der Waals surface area (Å²) < 4.78 is 93.3. The van der Waals surface area contributed by atoms with Crippen LogP contribution in [0.5, 0.6) is 11.5 Å². The smallest absolute Gasteiger partial charge is 0.416 e. The molecule has 0 atom stereocenters. The minimum absolute atomic E-state index is 0.0947. The Kier molecular flexibility index (Phi) is 8.37. The number of aromatic nitrogens is 3. The number of alkyl halides is 6. The number of hydrogen-bond donors (Lipinski definition) is 1. The summed E-state index contributed by atoms with van der Waals surface area (Å²) in [6.07, 6.45) is -9.70. The molecule has 1 aliphatic heterocycles. The van der Waals surface area contributed by atoms with Gasteiger partial charge in [-0.25, -0.2) is 19.1 Å². The van der Waals surface area contributed by atoms with E-state index in [0.717, 1.165) is 12.1 Å². The van der Waals surface area contributed by atoms with Crippen LogP contribution in [-0.2, 0) is 20.7 Å². The highest BCUT2D eigenvalue weighted by Crippen LogP contribution is 2.39. The second-order valence-corrected chi connectivity index (χ2v) is 8.63. The molecule has 1 aliphatic rings. The van der Waals surface area contributed by atoms with Gasteiger partial charge in [-0.1, -0.05) is 19.4 Å². The number of imidazole rings is 1. The molecule has 0 spiro atoms. The van der Waals surface area contributed by atoms with Gasteiger partial charge in [0, 0.05) is 13.1 Å². The van der Waals surface area contributed by atoms with Crippen molar-refractivity contribution in [1.82, 2.24) is 14.6 Å². The zero-order valence-electron chi connectivity index (χ0n) is 21.1. The third kappa shape index (κ3) is 6.85. The molecule has 11 nitrogen and oxygen atoms in total. The Morgan fingerprint density at radius 3 is 2.20 bits per heavy atom. The van der Waals surface area contributed by atoms with Crippen LogP contribution < -0.4 is 19.7 Å². The van der Waals surface area contributed by atoms with E-state index in [-0.39, 0.29) is 29.9 Å².